The molecule has 2 atom stereocenters. The number of rotatable bonds is 3. The molecule has 0 rings (SSSR count). The second-order valence-corrected chi connectivity index (χ2v) is 4.71. The van der Waals surface area contributed by atoms with E-state index in [9.17, 15) is 4.57 Å². The van der Waals surface area contributed by atoms with Crippen molar-refractivity contribution in [2.75, 3.05) is 0 Å². The lowest BCUT2D eigenvalue weighted by atomic mass is 10.1. The van der Waals surface area contributed by atoms with Crippen molar-refractivity contribution in [3.63, 3.8) is 0 Å². The van der Waals surface area contributed by atoms with Crippen molar-refractivity contribution in [1.82, 2.24) is 0 Å². The molecule has 0 fully saturated rings. The van der Waals surface area contributed by atoms with Gasteiger partial charge >= 0.3 is 7.60 Å². The quantitative estimate of drug-likeness (QED) is 0.626. The molecule has 2 N–H and O–H groups in total. The lowest BCUT2D eigenvalue weighted by molar-refractivity contribution is 0.340. The Bertz CT molecular complexity index is 140. The lowest BCUT2D eigenvalue weighted by Crippen LogP contribution is -2.13. The molecule has 0 aromatic rings. The fraction of sp³-hybridized carbons (Fsp3) is 1.00. The van der Waals surface area contributed by atoms with Crippen molar-refractivity contribution in [2.24, 2.45) is 5.92 Å². The lowest BCUT2D eigenvalue weighted by Gasteiger charge is -2.18. The van der Waals surface area contributed by atoms with E-state index >= 15 is 0 Å². The summed E-state index contributed by atoms with van der Waals surface area (Å²) in [6.45, 7) is 5.37. The highest BCUT2D eigenvalue weighted by Gasteiger charge is 2.27. The number of hydrogen-bond donors (Lipinski definition) is 2. The summed E-state index contributed by atoms with van der Waals surface area (Å²) in [7, 11) is -3.83. The molecule has 0 aliphatic carbocycles. The van der Waals surface area contributed by atoms with Gasteiger partial charge in [0.2, 0.25) is 0 Å². The third kappa shape index (κ3) is 2.82. The largest absolute Gasteiger partial charge is 0.328 e. The molecule has 0 saturated heterocycles. The summed E-state index contributed by atoms with van der Waals surface area (Å²) in [6.07, 6.45) is 0.812. The summed E-state index contributed by atoms with van der Waals surface area (Å²) >= 11 is 0. The molecule has 0 amide bonds. The monoisotopic (exact) mass is 166 g/mol. The molecule has 3 nitrogen and oxygen atoms in total. The summed E-state index contributed by atoms with van der Waals surface area (Å²) in [5.41, 5.74) is -0.502. The molecule has 10 heavy (non-hydrogen) atoms. The molecule has 0 radical (unpaired) electrons. The smallest absolute Gasteiger partial charge is 0.324 e. The molecule has 0 heterocycles. The third-order valence-electron chi connectivity index (χ3n) is 2.00. The Morgan fingerprint density at radius 3 is 1.90 bits per heavy atom. The maximum absolute atomic E-state index is 10.6. The first-order valence-corrected chi connectivity index (χ1v) is 5.13. The molecule has 4 heteroatoms. The summed E-state index contributed by atoms with van der Waals surface area (Å²) in [5, 5.41) is 0. The number of hydrogen-bond acceptors (Lipinski definition) is 1. The Morgan fingerprint density at radius 1 is 1.40 bits per heavy atom. The third-order valence-corrected chi connectivity index (χ3v) is 3.57. The Morgan fingerprint density at radius 2 is 1.80 bits per heavy atom. The molecule has 0 bridgehead atoms. The van der Waals surface area contributed by atoms with E-state index in [-0.39, 0.29) is 5.92 Å². The van der Waals surface area contributed by atoms with E-state index in [0.717, 1.165) is 6.42 Å². The SMILES string of the molecule is CCC(C)C(C)P(=O)(O)O. The van der Waals surface area contributed by atoms with Gasteiger partial charge < -0.3 is 9.79 Å². The second-order valence-electron chi connectivity index (χ2n) is 2.72. The predicted molar refractivity (Wildman–Crippen MR) is 41.0 cm³/mol. The highest BCUT2D eigenvalue weighted by atomic mass is 31.2. The minimum atomic E-state index is -3.83. The van der Waals surface area contributed by atoms with Gasteiger partial charge in [0.15, 0.2) is 0 Å². The average Bonchev–Trinajstić information content (AvgIpc) is 1.83. The van der Waals surface area contributed by atoms with E-state index < -0.39 is 13.3 Å². The zero-order valence-electron chi connectivity index (χ0n) is 6.61. The Balaban J connectivity index is 4.08. The first-order valence-electron chi connectivity index (χ1n) is 3.44. The molecule has 0 spiro atoms. The van der Waals surface area contributed by atoms with Crippen LogP contribution in [0.25, 0.3) is 0 Å². The van der Waals surface area contributed by atoms with Gasteiger partial charge in [0.25, 0.3) is 0 Å². The average molecular weight is 166 g/mol. The van der Waals surface area contributed by atoms with Crippen molar-refractivity contribution in [3.05, 3.63) is 0 Å². The van der Waals surface area contributed by atoms with Crippen LogP contribution in [-0.2, 0) is 4.57 Å². The maximum atomic E-state index is 10.6. The van der Waals surface area contributed by atoms with Crippen molar-refractivity contribution >= 4 is 7.60 Å². The first-order chi connectivity index (χ1) is 4.39. The molecular weight excluding hydrogens is 151 g/mol. The zero-order valence-corrected chi connectivity index (χ0v) is 7.51. The molecule has 0 aromatic heterocycles. The predicted octanol–water partition coefficient (Wildman–Crippen LogP) is 1.60. The van der Waals surface area contributed by atoms with Crippen LogP contribution in [0.3, 0.4) is 0 Å². The van der Waals surface area contributed by atoms with Crippen molar-refractivity contribution in [3.8, 4) is 0 Å². The van der Waals surface area contributed by atoms with E-state index in [1.54, 1.807) is 6.92 Å². The van der Waals surface area contributed by atoms with Crippen LogP contribution in [0.1, 0.15) is 27.2 Å². The van der Waals surface area contributed by atoms with Crippen molar-refractivity contribution in [1.29, 1.82) is 0 Å². The van der Waals surface area contributed by atoms with Gasteiger partial charge in [-0.1, -0.05) is 27.2 Å². The van der Waals surface area contributed by atoms with Crippen LogP contribution in [0.5, 0.6) is 0 Å². The van der Waals surface area contributed by atoms with Gasteiger partial charge in [-0.05, 0) is 5.92 Å². The standard InChI is InChI=1S/C6H15O3P/c1-4-5(2)6(3)10(7,8)9/h5-6H,4H2,1-3H3,(H2,7,8,9). The Labute approximate surface area is 61.6 Å². The van der Waals surface area contributed by atoms with Gasteiger partial charge in [-0.2, -0.15) is 0 Å². The topological polar surface area (TPSA) is 57.5 Å². The first kappa shape index (κ1) is 10.2. The van der Waals surface area contributed by atoms with Gasteiger partial charge in [-0.15, -0.1) is 0 Å². The van der Waals surface area contributed by atoms with Gasteiger partial charge in [-0.3, -0.25) is 4.57 Å². The van der Waals surface area contributed by atoms with Crippen molar-refractivity contribution < 1.29 is 14.4 Å². The Kier molecular flexibility index (Phi) is 3.57. The van der Waals surface area contributed by atoms with E-state index in [2.05, 4.69) is 0 Å². The van der Waals surface area contributed by atoms with Crippen LogP contribution < -0.4 is 0 Å². The normalized spacial score (nSPS) is 18.5. The van der Waals surface area contributed by atoms with Gasteiger partial charge in [0.1, 0.15) is 0 Å². The van der Waals surface area contributed by atoms with Crippen LogP contribution >= 0.6 is 7.60 Å². The minimum absolute atomic E-state index is 0.0980. The molecular formula is C6H15O3P. The highest BCUT2D eigenvalue weighted by Crippen LogP contribution is 2.45. The molecule has 0 saturated carbocycles. The molecule has 0 aliphatic heterocycles. The van der Waals surface area contributed by atoms with E-state index in [0.29, 0.717) is 0 Å². The minimum Gasteiger partial charge on any atom is -0.324 e. The zero-order chi connectivity index (χ0) is 8.36. The van der Waals surface area contributed by atoms with Crippen LogP contribution in [0.4, 0.5) is 0 Å². The molecule has 0 aromatic carbocycles. The van der Waals surface area contributed by atoms with Crippen LogP contribution in [0.15, 0.2) is 0 Å². The fourth-order valence-corrected chi connectivity index (χ4v) is 1.55. The van der Waals surface area contributed by atoms with Gasteiger partial charge in [0.05, 0.1) is 5.66 Å². The summed E-state index contributed by atoms with van der Waals surface area (Å²) in [5.74, 6) is 0.0980. The molecule has 2 unspecified atom stereocenters. The van der Waals surface area contributed by atoms with Crippen molar-refractivity contribution in [2.45, 2.75) is 32.9 Å². The van der Waals surface area contributed by atoms with Gasteiger partial charge in [0, 0.05) is 0 Å². The fourth-order valence-electron chi connectivity index (χ4n) is 0.673. The van der Waals surface area contributed by atoms with E-state index in [4.69, 9.17) is 9.79 Å². The summed E-state index contributed by atoms with van der Waals surface area (Å²) in [6, 6.07) is 0. The van der Waals surface area contributed by atoms with Crippen LogP contribution in [0.2, 0.25) is 0 Å². The van der Waals surface area contributed by atoms with E-state index in [1.807, 2.05) is 13.8 Å². The maximum Gasteiger partial charge on any atom is 0.328 e. The summed E-state index contributed by atoms with van der Waals surface area (Å²) in [4.78, 5) is 17.4. The van der Waals surface area contributed by atoms with Crippen LogP contribution in [-0.4, -0.2) is 15.4 Å². The second kappa shape index (κ2) is 3.51. The van der Waals surface area contributed by atoms with E-state index in [1.165, 1.54) is 0 Å². The molecule has 62 valence electrons. The Hall–Kier alpha value is 0.150. The highest BCUT2D eigenvalue weighted by molar-refractivity contribution is 7.52. The van der Waals surface area contributed by atoms with Crippen LogP contribution in [0, 0.1) is 5.92 Å². The molecule has 0 aliphatic rings. The summed E-state index contributed by atoms with van der Waals surface area (Å²) < 4.78 is 10.6. The van der Waals surface area contributed by atoms with Gasteiger partial charge in [-0.25, -0.2) is 0 Å².